The summed E-state index contributed by atoms with van der Waals surface area (Å²) < 4.78 is 0. The molecular weight excluding hydrogens is 437 g/mol. The largest absolute Gasteiger partial charge is 0.384 e. The van der Waals surface area contributed by atoms with Gasteiger partial charge in [-0.15, -0.1) is 0 Å². The number of halogens is 2. The minimum absolute atomic E-state index is 0.236. The van der Waals surface area contributed by atoms with Gasteiger partial charge >= 0.3 is 6.03 Å². The van der Waals surface area contributed by atoms with Crippen LogP contribution in [0.3, 0.4) is 0 Å². The van der Waals surface area contributed by atoms with Crippen LogP contribution >= 0.6 is 23.2 Å². The van der Waals surface area contributed by atoms with Gasteiger partial charge in [-0.2, -0.15) is 0 Å². The van der Waals surface area contributed by atoms with Gasteiger partial charge < -0.3 is 9.74 Å². The van der Waals surface area contributed by atoms with Crippen molar-refractivity contribution in [1.82, 2.24) is 9.80 Å². The molecule has 6 nitrogen and oxygen atoms in total. The van der Waals surface area contributed by atoms with Crippen molar-refractivity contribution in [2.75, 3.05) is 19.6 Å². The second kappa shape index (κ2) is 8.17. The quantitative estimate of drug-likeness (QED) is 0.627. The number of urea groups is 1. The van der Waals surface area contributed by atoms with E-state index in [0.29, 0.717) is 41.7 Å². The van der Waals surface area contributed by atoms with Crippen molar-refractivity contribution >= 4 is 40.9 Å². The monoisotopic (exact) mass is 459 g/mol. The molecule has 0 radical (unpaired) electrons. The molecule has 0 saturated carbocycles. The topological polar surface area (TPSA) is 62.2 Å². The number of carbonyl (C=O) groups is 2. The first-order valence-corrected chi connectivity index (χ1v) is 10.9. The fourth-order valence-corrected chi connectivity index (χ4v) is 4.53. The van der Waals surface area contributed by atoms with Crippen molar-refractivity contribution in [2.45, 2.75) is 32.8 Å². The van der Waals surface area contributed by atoms with Crippen LogP contribution < -0.4 is 0 Å². The van der Waals surface area contributed by atoms with Gasteiger partial charge in [0.05, 0.1) is 5.71 Å². The lowest BCUT2D eigenvalue weighted by molar-refractivity contribution is -0.00737. The number of nitrogens with zero attached hydrogens (tertiary/aromatic N) is 3. The van der Waals surface area contributed by atoms with Gasteiger partial charge in [0.15, 0.2) is 5.60 Å². The van der Waals surface area contributed by atoms with Gasteiger partial charge in [-0.3, -0.25) is 9.69 Å². The summed E-state index contributed by atoms with van der Waals surface area (Å²) >= 11 is 12.3. The highest BCUT2D eigenvalue weighted by atomic mass is 35.5. The van der Waals surface area contributed by atoms with Crippen molar-refractivity contribution in [3.8, 4) is 0 Å². The lowest BCUT2D eigenvalue weighted by Gasteiger charge is -2.22. The molecule has 2 aromatic rings. The highest BCUT2D eigenvalue weighted by Gasteiger charge is 2.38. The number of imide groups is 1. The lowest BCUT2D eigenvalue weighted by atomic mass is 9.88. The molecule has 0 spiro atoms. The Labute approximate surface area is 191 Å². The van der Waals surface area contributed by atoms with Crippen LogP contribution in [0, 0.1) is 6.92 Å². The maximum absolute atomic E-state index is 12.9. The van der Waals surface area contributed by atoms with E-state index >= 15 is 0 Å². The van der Waals surface area contributed by atoms with Gasteiger partial charge in [0.1, 0.15) is 0 Å². The molecule has 3 amide bonds. The van der Waals surface area contributed by atoms with Crippen molar-refractivity contribution in [2.24, 2.45) is 5.16 Å². The Hall–Kier alpha value is -2.57. The lowest BCUT2D eigenvalue weighted by Crippen LogP contribution is -2.36. The van der Waals surface area contributed by atoms with Crippen LogP contribution in [-0.4, -0.2) is 47.1 Å². The molecule has 31 heavy (non-hydrogen) atoms. The third-order valence-electron chi connectivity index (χ3n) is 5.85. The molecule has 0 aromatic heterocycles. The first kappa shape index (κ1) is 21.7. The molecule has 2 aromatic carbocycles. The number of likely N-dealkylation sites (N-methyl/N-ethyl adjacent to an activating group) is 1. The van der Waals surface area contributed by atoms with E-state index in [4.69, 9.17) is 28.0 Å². The summed E-state index contributed by atoms with van der Waals surface area (Å²) in [6.07, 6.45) is 0.534. The van der Waals surface area contributed by atoms with Gasteiger partial charge in [-0.25, -0.2) is 4.79 Å². The van der Waals surface area contributed by atoms with Crippen LogP contribution in [0.4, 0.5) is 4.79 Å². The molecule has 0 bridgehead atoms. The maximum atomic E-state index is 12.9. The van der Waals surface area contributed by atoms with E-state index in [1.54, 1.807) is 17.0 Å². The van der Waals surface area contributed by atoms with Gasteiger partial charge in [0.2, 0.25) is 0 Å². The molecule has 1 unspecified atom stereocenters. The molecule has 2 aliphatic heterocycles. The third-order valence-corrected chi connectivity index (χ3v) is 6.28. The molecule has 0 N–H and O–H groups in total. The van der Waals surface area contributed by atoms with Crippen molar-refractivity contribution in [3.63, 3.8) is 0 Å². The van der Waals surface area contributed by atoms with E-state index < -0.39 is 5.60 Å². The van der Waals surface area contributed by atoms with Crippen molar-refractivity contribution in [1.29, 1.82) is 0 Å². The Bertz CT molecular complexity index is 1080. The molecule has 4 rings (SSSR count). The molecule has 162 valence electrons. The highest BCUT2D eigenvalue weighted by molar-refractivity contribution is 6.34. The van der Waals surface area contributed by atoms with E-state index in [2.05, 4.69) is 5.16 Å². The molecule has 0 aliphatic carbocycles. The number of carbonyl (C=O) groups excluding carboxylic acids is 2. The highest BCUT2D eigenvalue weighted by Crippen LogP contribution is 2.38. The normalized spacial score (nSPS) is 20.8. The smallest absolute Gasteiger partial charge is 0.327 e. The molecule has 2 aliphatic rings. The second-order valence-corrected chi connectivity index (χ2v) is 8.92. The maximum Gasteiger partial charge on any atom is 0.327 e. The van der Waals surface area contributed by atoms with Gasteiger partial charge in [0.25, 0.3) is 5.91 Å². The summed E-state index contributed by atoms with van der Waals surface area (Å²) in [5, 5.41) is 5.37. The Morgan fingerprint density at radius 1 is 1.16 bits per heavy atom. The van der Waals surface area contributed by atoms with E-state index in [9.17, 15) is 9.59 Å². The summed E-state index contributed by atoms with van der Waals surface area (Å²) in [5.74, 6) is -0.270. The van der Waals surface area contributed by atoms with E-state index in [0.717, 1.165) is 22.4 Å². The molecular formula is C23H23Cl2N3O3. The number of aryl methyl sites for hydroxylation is 1. The van der Waals surface area contributed by atoms with Gasteiger partial charge in [-0.05, 0) is 62.2 Å². The molecule has 2 heterocycles. The number of hydrogen-bond donors (Lipinski definition) is 0. The fraction of sp³-hybridized carbons (Fsp3) is 0.348. The van der Waals surface area contributed by atoms with Crippen molar-refractivity contribution in [3.05, 3.63) is 68.7 Å². The Balaban J connectivity index is 1.54. The van der Waals surface area contributed by atoms with E-state index in [-0.39, 0.29) is 11.9 Å². The zero-order valence-corrected chi connectivity index (χ0v) is 19.1. The summed E-state index contributed by atoms with van der Waals surface area (Å²) in [6.45, 7) is 7.28. The van der Waals surface area contributed by atoms with Crippen LogP contribution in [0.25, 0.3) is 0 Å². The molecule has 1 fully saturated rings. The minimum Gasteiger partial charge on any atom is -0.384 e. The molecule has 1 atom stereocenters. The number of hydrogen-bond acceptors (Lipinski definition) is 4. The van der Waals surface area contributed by atoms with Crippen LogP contribution in [0.2, 0.25) is 10.0 Å². The van der Waals surface area contributed by atoms with Gasteiger partial charge in [-0.1, -0.05) is 34.4 Å². The Kier molecular flexibility index (Phi) is 5.71. The van der Waals surface area contributed by atoms with Crippen LogP contribution in [0.1, 0.15) is 47.3 Å². The SMILES string of the molecule is CCN1CCN(C(=O)c2ccc(C3=NOC(C)(c4cc(Cl)cc(Cl)c4)C3)cc2C)C1=O. The predicted octanol–water partition coefficient (Wildman–Crippen LogP) is 5.24. The summed E-state index contributed by atoms with van der Waals surface area (Å²) in [6, 6.07) is 10.6. The van der Waals surface area contributed by atoms with Crippen molar-refractivity contribution < 1.29 is 14.4 Å². The van der Waals surface area contributed by atoms with Crippen LogP contribution in [0.15, 0.2) is 41.6 Å². The fourth-order valence-electron chi connectivity index (χ4n) is 4.00. The number of rotatable bonds is 4. The molecule has 1 saturated heterocycles. The Morgan fingerprint density at radius 2 is 1.87 bits per heavy atom. The minimum atomic E-state index is -0.683. The summed E-state index contributed by atoms with van der Waals surface area (Å²) in [4.78, 5) is 34.0. The van der Waals surface area contributed by atoms with E-state index in [1.165, 1.54) is 4.90 Å². The zero-order chi connectivity index (χ0) is 22.3. The zero-order valence-electron chi connectivity index (χ0n) is 17.6. The van der Waals surface area contributed by atoms with E-state index in [1.807, 2.05) is 45.0 Å². The van der Waals surface area contributed by atoms with Crippen LogP contribution in [-0.2, 0) is 10.4 Å². The van der Waals surface area contributed by atoms with Gasteiger partial charge in [0, 0.05) is 47.2 Å². The summed E-state index contributed by atoms with van der Waals surface area (Å²) in [7, 11) is 0. The first-order valence-electron chi connectivity index (χ1n) is 10.2. The number of oxime groups is 1. The summed E-state index contributed by atoms with van der Waals surface area (Å²) in [5.41, 5.74) is 3.10. The third kappa shape index (κ3) is 4.02. The second-order valence-electron chi connectivity index (χ2n) is 8.04. The predicted molar refractivity (Wildman–Crippen MR) is 121 cm³/mol. The Morgan fingerprint density at radius 3 is 2.48 bits per heavy atom. The first-order chi connectivity index (χ1) is 14.7. The average molecular weight is 460 g/mol. The number of benzene rings is 2. The molecule has 8 heteroatoms. The van der Waals surface area contributed by atoms with Crippen LogP contribution in [0.5, 0.6) is 0 Å². The standard InChI is InChI=1S/C23H23Cl2N3O3/c1-4-27-7-8-28(22(27)30)21(29)19-6-5-15(9-14(19)2)20-13-23(3,31-26-20)16-10-17(24)12-18(25)11-16/h5-6,9-12H,4,7-8,13H2,1-3H3. The average Bonchev–Trinajstić information content (AvgIpc) is 3.30. The number of amides is 3.